The van der Waals surface area contributed by atoms with Gasteiger partial charge in [-0.1, -0.05) is 6.42 Å². The highest BCUT2D eigenvalue weighted by atomic mass is 15.3. The maximum Gasteiger partial charge on any atom is 0.149 e. The van der Waals surface area contributed by atoms with Crippen LogP contribution in [0.25, 0.3) is 0 Å². The van der Waals surface area contributed by atoms with Crippen LogP contribution in [0.5, 0.6) is 0 Å². The third-order valence-electron chi connectivity index (χ3n) is 3.80. The first-order chi connectivity index (χ1) is 9.34. The first kappa shape index (κ1) is 12.4. The molecular formula is C14H21N5. The van der Waals surface area contributed by atoms with Crippen molar-refractivity contribution in [1.82, 2.24) is 25.1 Å². The molecule has 1 aliphatic heterocycles. The zero-order chi connectivity index (χ0) is 13.1. The molecule has 3 heterocycles. The highest BCUT2D eigenvalue weighted by Gasteiger charge is 2.18. The number of aryl methyl sites for hydroxylation is 1. The quantitative estimate of drug-likeness (QED) is 0.885. The third kappa shape index (κ3) is 2.71. The second-order valence-electron chi connectivity index (χ2n) is 5.26. The van der Waals surface area contributed by atoms with Gasteiger partial charge in [-0.3, -0.25) is 0 Å². The normalized spacial score (nSPS) is 16.9. The zero-order valence-corrected chi connectivity index (χ0v) is 11.4. The minimum Gasteiger partial charge on any atom is -0.367 e. The van der Waals surface area contributed by atoms with Gasteiger partial charge in [-0.2, -0.15) is 0 Å². The molecule has 2 N–H and O–H groups in total. The predicted molar refractivity (Wildman–Crippen MR) is 73.6 cm³/mol. The van der Waals surface area contributed by atoms with Crippen molar-refractivity contribution in [3.05, 3.63) is 35.7 Å². The van der Waals surface area contributed by atoms with E-state index < -0.39 is 0 Å². The van der Waals surface area contributed by atoms with Crippen LogP contribution in [-0.2, 0) is 19.5 Å². The second kappa shape index (κ2) is 5.57. The summed E-state index contributed by atoms with van der Waals surface area (Å²) in [5.41, 5.74) is 1.27. The molecule has 0 radical (unpaired) electrons. The fourth-order valence-corrected chi connectivity index (χ4v) is 2.66. The van der Waals surface area contributed by atoms with Gasteiger partial charge in [0.05, 0.1) is 6.04 Å². The minimum atomic E-state index is 0.231. The molecule has 0 fully saturated rings. The summed E-state index contributed by atoms with van der Waals surface area (Å²) in [6.45, 7) is 4.08. The molecule has 5 heteroatoms. The summed E-state index contributed by atoms with van der Waals surface area (Å²) >= 11 is 0. The molecule has 0 saturated carbocycles. The fraction of sp³-hybridized carbons (Fsp3) is 0.571. The van der Waals surface area contributed by atoms with Crippen molar-refractivity contribution in [2.75, 3.05) is 0 Å². The average molecular weight is 259 g/mol. The molecule has 0 aromatic carbocycles. The lowest BCUT2D eigenvalue weighted by molar-refractivity contribution is 0.502. The SMILES string of the molecule is CC(NCc1cc[nH]c1)c1nnc2n1CCCCC2. The molecule has 1 atom stereocenters. The Morgan fingerprint density at radius 2 is 2.32 bits per heavy atom. The lowest BCUT2D eigenvalue weighted by Gasteiger charge is -2.14. The fourth-order valence-electron chi connectivity index (χ4n) is 2.66. The summed E-state index contributed by atoms with van der Waals surface area (Å²) in [7, 11) is 0. The van der Waals surface area contributed by atoms with E-state index in [-0.39, 0.29) is 6.04 Å². The largest absolute Gasteiger partial charge is 0.367 e. The molecule has 0 bridgehead atoms. The number of aromatic nitrogens is 4. The Labute approximate surface area is 113 Å². The molecular weight excluding hydrogens is 238 g/mol. The molecule has 102 valence electrons. The van der Waals surface area contributed by atoms with Gasteiger partial charge in [0.1, 0.15) is 11.6 Å². The van der Waals surface area contributed by atoms with Gasteiger partial charge < -0.3 is 14.9 Å². The highest BCUT2D eigenvalue weighted by Crippen LogP contribution is 2.18. The van der Waals surface area contributed by atoms with Crippen molar-refractivity contribution in [3.63, 3.8) is 0 Å². The third-order valence-corrected chi connectivity index (χ3v) is 3.80. The molecule has 19 heavy (non-hydrogen) atoms. The Morgan fingerprint density at radius 1 is 1.37 bits per heavy atom. The number of rotatable bonds is 4. The van der Waals surface area contributed by atoms with Gasteiger partial charge in [-0.05, 0) is 31.4 Å². The summed E-state index contributed by atoms with van der Waals surface area (Å²) in [4.78, 5) is 3.07. The van der Waals surface area contributed by atoms with Crippen LogP contribution in [0.1, 0.15) is 49.4 Å². The molecule has 1 aliphatic rings. The number of aromatic amines is 1. The van der Waals surface area contributed by atoms with Gasteiger partial charge in [0.2, 0.25) is 0 Å². The molecule has 0 aliphatic carbocycles. The topological polar surface area (TPSA) is 58.5 Å². The van der Waals surface area contributed by atoms with E-state index in [1.54, 1.807) is 0 Å². The number of nitrogens with zero attached hydrogens (tertiary/aromatic N) is 3. The van der Waals surface area contributed by atoms with Gasteiger partial charge in [-0.15, -0.1) is 10.2 Å². The molecule has 1 unspecified atom stereocenters. The van der Waals surface area contributed by atoms with Crippen LogP contribution in [0.15, 0.2) is 18.5 Å². The van der Waals surface area contributed by atoms with E-state index in [0.29, 0.717) is 0 Å². The van der Waals surface area contributed by atoms with Crippen molar-refractivity contribution < 1.29 is 0 Å². The van der Waals surface area contributed by atoms with Crippen molar-refractivity contribution in [2.24, 2.45) is 0 Å². The molecule has 0 saturated heterocycles. The van der Waals surface area contributed by atoms with Crippen LogP contribution in [0.4, 0.5) is 0 Å². The molecule has 3 rings (SSSR count). The van der Waals surface area contributed by atoms with Crippen LogP contribution in [0, 0.1) is 0 Å². The first-order valence-corrected chi connectivity index (χ1v) is 7.11. The molecule has 2 aromatic rings. The van der Waals surface area contributed by atoms with Crippen LogP contribution in [0.2, 0.25) is 0 Å². The Balaban J connectivity index is 1.69. The Hall–Kier alpha value is -1.62. The lowest BCUT2D eigenvalue weighted by Crippen LogP contribution is -2.22. The number of fused-ring (bicyclic) bond motifs is 1. The van der Waals surface area contributed by atoms with E-state index in [2.05, 4.69) is 38.1 Å². The Morgan fingerprint density at radius 3 is 3.16 bits per heavy atom. The summed E-state index contributed by atoms with van der Waals surface area (Å²) in [6.07, 6.45) is 8.81. The molecule has 0 spiro atoms. The molecule has 2 aromatic heterocycles. The van der Waals surface area contributed by atoms with Crippen molar-refractivity contribution in [2.45, 2.75) is 51.7 Å². The lowest BCUT2D eigenvalue weighted by atomic mass is 10.2. The number of hydrogen-bond acceptors (Lipinski definition) is 3. The Bertz CT molecular complexity index is 514. The first-order valence-electron chi connectivity index (χ1n) is 7.11. The summed E-state index contributed by atoms with van der Waals surface area (Å²) < 4.78 is 2.31. The maximum atomic E-state index is 4.38. The predicted octanol–water partition coefficient (Wildman–Crippen LogP) is 2.18. The van der Waals surface area contributed by atoms with Crippen molar-refractivity contribution in [1.29, 1.82) is 0 Å². The van der Waals surface area contributed by atoms with E-state index in [9.17, 15) is 0 Å². The van der Waals surface area contributed by atoms with E-state index in [0.717, 1.165) is 31.2 Å². The van der Waals surface area contributed by atoms with Crippen LogP contribution in [-0.4, -0.2) is 19.7 Å². The summed E-state index contributed by atoms with van der Waals surface area (Å²) in [5.74, 6) is 2.23. The van der Waals surface area contributed by atoms with E-state index in [1.165, 1.54) is 24.8 Å². The van der Waals surface area contributed by atoms with E-state index >= 15 is 0 Å². The van der Waals surface area contributed by atoms with Crippen LogP contribution >= 0.6 is 0 Å². The molecule has 5 nitrogen and oxygen atoms in total. The average Bonchev–Trinajstić information content (AvgIpc) is 3.02. The van der Waals surface area contributed by atoms with Crippen LogP contribution in [0.3, 0.4) is 0 Å². The number of hydrogen-bond donors (Lipinski definition) is 2. The minimum absolute atomic E-state index is 0.231. The summed E-state index contributed by atoms with van der Waals surface area (Å²) in [6, 6.07) is 2.32. The van der Waals surface area contributed by atoms with Crippen molar-refractivity contribution >= 4 is 0 Å². The standard InChI is InChI=1S/C14H21N5/c1-11(16-10-12-6-7-15-9-12)14-18-17-13-5-3-2-4-8-19(13)14/h6-7,9,11,15-16H,2-5,8,10H2,1H3. The van der Waals surface area contributed by atoms with Gasteiger partial charge in [0.25, 0.3) is 0 Å². The smallest absolute Gasteiger partial charge is 0.149 e. The highest BCUT2D eigenvalue weighted by molar-refractivity contribution is 5.09. The zero-order valence-electron chi connectivity index (χ0n) is 11.4. The van der Waals surface area contributed by atoms with Gasteiger partial charge in [-0.25, -0.2) is 0 Å². The summed E-state index contributed by atoms with van der Waals surface area (Å²) in [5, 5.41) is 12.2. The Kier molecular flexibility index (Phi) is 3.64. The maximum absolute atomic E-state index is 4.38. The number of H-pyrrole nitrogens is 1. The second-order valence-corrected chi connectivity index (χ2v) is 5.26. The van der Waals surface area contributed by atoms with Gasteiger partial charge >= 0.3 is 0 Å². The van der Waals surface area contributed by atoms with Gasteiger partial charge in [0, 0.05) is 31.9 Å². The van der Waals surface area contributed by atoms with E-state index in [4.69, 9.17) is 0 Å². The van der Waals surface area contributed by atoms with E-state index in [1.807, 2.05) is 12.4 Å². The monoisotopic (exact) mass is 259 g/mol. The van der Waals surface area contributed by atoms with Crippen molar-refractivity contribution in [3.8, 4) is 0 Å². The van der Waals surface area contributed by atoms with Gasteiger partial charge in [0.15, 0.2) is 0 Å². The van der Waals surface area contributed by atoms with Crippen LogP contribution < -0.4 is 5.32 Å². The number of nitrogens with one attached hydrogen (secondary N) is 2. The molecule has 0 amide bonds.